The van der Waals surface area contributed by atoms with Crippen molar-refractivity contribution in [2.45, 2.75) is 48.4 Å². The molecular formula is C27H31ClF2N2O6S. The number of ether oxygens (including phenoxy) is 1. The Hall–Kier alpha value is -2.60. The van der Waals surface area contributed by atoms with Crippen molar-refractivity contribution in [2.24, 2.45) is 17.8 Å². The monoisotopic (exact) mass is 584 g/mol. The fraction of sp³-hybridized carbons (Fsp3) is 0.481. The number of aliphatic hydroxyl groups is 1. The summed E-state index contributed by atoms with van der Waals surface area (Å²) in [5.74, 6) is -4.05. The van der Waals surface area contributed by atoms with Crippen molar-refractivity contribution in [1.82, 2.24) is 5.32 Å². The van der Waals surface area contributed by atoms with Crippen molar-refractivity contribution >= 4 is 38.9 Å². The van der Waals surface area contributed by atoms with E-state index in [9.17, 15) is 31.9 Å². The Kier molecular flexibility index (Phi) is 8.65. The summed E-state index contributed by atoms with van der Waals surface area (Å²) in [7, 11) is -2.51. The highest BCUT2D eigenvalue weighted by Crippen LogP contribution is 2.56. The van der Waals surface area contributed by atoms with Gasteiger partial charge in [0, 0.05) is 31.0 Å². The number of rotatable bonds is 9. The molecule has 2 aromatic rings. The second-order valence-electron chi connectivity index (χ2n) is 10.4. The highest BCUT2D eigenvalue weighted by atomic mass is 35.5. The van der Waals surface area contributed by atoms with Gasteiger partial charge >= 0.3 is 0 Å². The van der Waals surface area contributed by atoms with Crippen molar-refractivity contribution in [3.8, 4) is 0 Å². The molecule has 0 heterocycles. The lowest BCUT2D eigenvalue weighted by Crippen LogP contribution is -2.51. The first-order chi connectivity index (χ1) is 18.4. The van der Waals surface area contributed by atoms with Crippen LogP contribution in [0.15, 0.2) is 41.3 Å². The van der Waals surface area contributed by atoms with Gasteiger partial charge in [0.25, 0.3) is 5.91 Å². The van der Waals surface area contributed by atoms with Gasteiger partial charge in [-0.15, -0.1) is 0 Å². The maximum Gasteiger partial charge on any atom is 0.255 e. The van der Waals surface area contributed by atoms with E-state index in [1.807, 2.05) is 6.92 Å². The number of sulfone groups is 1. The molecule has 0 saturated heterocycles. The van der Waals surface area contributed by atoms with Crippen molar-refractivity contribution in [1.29, 1.82) is 0 Å². The average molecular weight is 585 g/mol. The van der Waals surface area contributed by atoms with E-state index in [0.29, 0.717) is 19.6 Å². The van der Waals surface area contributed by atoms with Crippen molar-refractivity contribution in [2.75, 3.05) is 25.6 Å². The van der Waals surface area contributed by atoms with Crippen LogP contribution in [-0.4, -0.2) is 56.5 Å². The van der Waals surface area contributed by atoms with E-state index in [1.54, 1.807) is 0 Å². The molecule has 0 spiro atoms. The third-order valence-electron chi connectivity index (χ3n) is 7.94. The smallest absolute Gasteiger partial charge is 0.255 e. The minimum absolute atomic E-state index is 0.00152. The molecule has 3 unspecified atom stereocenters. The molecule has 2 saturated carbocycles. The van der Waals surface area contributed by atoms with Crippen LogP contribution in [0, 0.1) is 29.4 Å². The van der Waals surface area contributed by atoms with Crippen LogP contribution in [0.1, 0.15) is 43.0 Å². The van der Waals surface area contributed by atoms with Gasteiger partial charge < -0.3 is 20.5 Å². The van der Waals surface area contributed by atoms with E-state index in [-0.39, 0.29) is 52.3 Å². The van der Waals surface area contributed by atoms with Gasteiger partial charge in [-0.05, 0) is 67.3 Å². The summed E-state index contributed by atoms with van der Waals surface area (Å²) < 4.78 is 59.2. The zero-order valence-electron chi connectivity index (χ0n) is 21.5. The molecular weight excluding hydrogens is 554 g/mol. The van der Waals surface area contributed by atoms with Crippen molar-refractivity contribution in [3.63, 3.8) is 0 Å². The summed E-state index contributed by atoms with van der Waals surface area (Å²) >= 11 is 6.29. The molecule has 0 aliphatic heterocycles. The Labute approximate surface area is 231 Å². The number of methoxy groups -OCH3 is 1. The lowest BCUT2D eigenvalue weighted by Gasteiger charge is -2.42. The largest absolute Gasteiger partial charge is 0.389 e. The molecule has 2 aromatic carbocycles. The van der Waals surface area contributed by atoms with Crippen molar-refractivity contribution in [3.05, 3.63) is 58.6 Å². The predicted octanol–water partition coefficient (Wildman–Crippen LogP) is 3.96. The van der Waals surface area contributed by atoms with Crippen LogP contribution in [0.4, 0.5) is 14.5 Å². The number of benzene rings is 2. The van der Waals surface area contributed by atoms with E-state index >= 15 is 0 Å². The summed E-state index contributed by atoms with van der Waals surface area (Å²) in [5, 5.41) is 15.8. The molecule has 2 bridgehead atoms. The number of fused-ring (bicyclic) bond motifs is 2. The van der Waals surface area contributed by atoms with Gasteiger partial charge in [0.1, 0.15) is 0 Å². The fourth-order valence-corrected chi connectivity index (χ4v) is 8.38. The number of carbonyl (C=O) groups is 2. The number of nitrogens with one attached hydrogen (secondary N) is 2. The number of hydrogen-bond acceptors (Lipinski definition) is 6. The van der Waals surface area contributed by atoms with Crippen LogP contribution in [0.3, 0.4) is 0 Å². The van der Waals surface area contributed by atoms with Gasteiger partial charge in [0.2, 0.25) is 5.91 Å². The molecule has 2 aliphatic carbocycles. The van der Waals surface area contributed by atoms with Gasteiger partial charge in [-0.3, -0.25) is 9.59 Å². The first-order valence-corrected chi connectivity index (χ1v) is 14.6. The second kappa shape index (κ2) is 11.5. The highest BCUT2D eigenvalue weighted by molar-refractivity contribution is 7.92. The number of halogens is 3. The Morgan fingerprint density at radius 3 is 2.54 bits per heavy atom. The van der Waals surface area contributed by atoms with E-state index in [4.69, 9.17) is 16.3 Å². The summed E-state index contributed by atoms with van der Waals surface area (Å²) in [6, 6.07) is 6.67. The van der Waals surface area contributed by atoms with Crippen molar-refractivity contribution < 1.29 is 36.6 Å². The van der Waals surface area contributed by atoms with Gasteiger partial charge in [0.05, 0.1) is 33.8 Å². The number of carbonyl (C=O) groups excluding carboxylic acids is 2. The molecule has 0 radical (unpaired) electrons. The molecule has 4 rings (SSSR count). The SMILES string of the molecule is COCCNC(=O)C[C@@]1(O)C2CC(S(=O)(=O)c3cc(C(=O)Nc4ccc(F)c(F)c4)ccc3Cl)CC1[C@@H](C)C2. The van der Waals surface area contributed by atoms with Crippen LogP contribution < -0.4 is 10.6 Å². The Morgan fingerprint density at radius 1 is 1.13 bits per heavy atom. The number of amides is 2. The zero-order valence-corrected chi connectivity index (χ0v) is 23.1. The molecule has 212 valence electrons. The maximum atomic E-state index is 13.8. The molecule has 0 aromatic heterocycles. The van der Waals surface area contributed by atoms with Crippen LogP contribution >= 0.6 is 11.6 Å². The van der Waals surface area contributed by atoms with Gasteiger partial charge in [-0.1, -0.05) is 18.5 Å². The number of anilines is 1. The molecule has 3 N–H and O–H groups in total. The summed E-state index contributed by atoms with van der Waals surface area (Å²) in [6.07, 6.45) is 0.753. The van der Waals surface area contributed by atoms with E-state index in [0.717, 1.165) is 12.1 Å². The third-order valence-corrected chi connectivity index (χ3v) is 10.6. The first kappa shape index (κ1) is 29.4. The lowest BCUT2D eigenvalue weighted by molar-refractivity contribution is -0.133. The fourth-order valence-electron chi connectivity index (χ4n) is 6.01. The van der Waals surface area contributed by atoms with Gasteiger partial charge in [0.15, 0.2) is 21.5 Å². The van der Waals surface area contributed by atoms with Gasteiger partial charge in [-0.25, -0.2) is 17.2 Å². The Balaban J connectivity index is 1.53. The molecule has 8 nitrogen and oxygen atoms in total. The minimum atomic E-state index is -4.03. The van der Waals surface area contributed by atoms with Crippen LogP contribution in [0.25, 0.3) is 0 Å². The van der Waals surface area contributed by atoms with Crippen LogP contribution in [0.5, 0.6) is 0 Å². The Morgan fingerprint density at radius 2 is 1.87 bits per heavy atom. The minimum Gasteiger partial charge on any atom is -0.389 e. The molecule has 2 fully saturated rings. The van der Waals surface area contributed by atoms with Crippen LogP contribution in [0.2, 0.25) is 5.02 Å². The van der Waals surface area contributed by atoms with E-state index in [1.165, 1.54) is 31.4 Å². The second-order valence-corrected chi connectivity index (χ2v) is 13.0. The Bertz CT molecular complexity index is 1370. The maximum absolute atomic E-state index is 13.8. The van der Waals surface area contributed by atoms with Crippen LogP contribution in [-0.2, 0) is 19.4 Å². The molecule has 2 amide bonds. The molecule has 39 heavy (non-hydrogen) atoms. The van der Waals surface area contributed by atoms with Gasteiger partial charge in [-0.2, -0.15) is 0 Å². The first-order valence-electron chi connectivity index (χ1n) is 12.6. The zero-order chi connectivity index (χ0) is 28.5. The summed E-state index contributed by atoms with van der Waals surface area (Å²) in [6.45, 7) is 2.60. The quantitative estimate of drug-likeness (QED) is 0.384. The lowest BCUT2D eigenvalue weighted by atomic mass is 9.71. The topological polar surface area (TPSA) is 122 Å². The summed E-state index contributed by atoms with van der Waals surface area (Å²) in [5.41, 5.74) is -1.35. The molecule has 2 aliphatic rings. The summed E-state index contributed by atoms with van der Waals surface area (Å²) in [4.78, 5) is 25.0. The predicted molar refractivity (Wildman–Crippen MR) is 141 cm³/mol. The average Bonchev–Trinajstić information content (AvgIpc) is 2.99. The molecule has 5 atom stereocenters. The normalized spacial score (nSPS) is 26.3. The molecule has 12 heteroatoms. The van der Waals surface area contributed by atoms with E-state index in [2.05, 4.69) is 10.6 Å². The number of hydrogen-bond donors (Lipinski definition) is 3. The van der Waals surface area contributed by atoms with E-state index < -0.39 is 50.1 Å². The third kappa shape index (κ3) is 5.96. The standard InChI is InChI=1S/C27H31ClF2N2O6S/c1-15-9-17-11-19(13-20(15)27(17,35)14-25(33)31-7-8-38-2)39(36,37)24-10-16(3-5-21(24)28)26(34)32-18-4-6-22(29)23(30)12-18/h3-6,10,12,15,17,19-20,35H,7-9,11,13-14H2,1-2H3,(H,31,33)(H,32,34)/t15-,17?,19?,20?,27+/m0/s1. The highest BCUT2D eigenvalue weighted by Gasteiger charge is 2.59.